The number of amides is 1. The Morgan fingerprint density at radius 3 is 2.45 bits per heavy atom. The van der Waals surface area contributed by atoms with Crippen LogP contribution in [0.4, 0.5) is 0 Å². The smallest absolute Gasteiger partial charge is 0.234 e. The highest BCUT2D eigenvalue weighted by molar-refractivity contribution is 5.78. The van der Waals surface area contributed by atoms with E-state index >= 15 is 0 Å². The van der Waals surface area contributed by atoms with Crippen LogP contribution in [-0.4, -0.2) is 73.7 Å². The molecule has 0 bridgehead atoms. The first-order chi connectivity index (χ1) is 10.8. The molecular formula is C17H31N3O2. The highest BCUT2D eigenvalue weighted by atomic mass is 16.5. The Kier molecular flexibility index (Phi) is 6.10. The van der Waals surface area contributed by atoms with Gasteiger partial charge in [0, 0.05) is 32.3 Å². The van der Waals surface area contributed by atoms with E-state index in [2.05, 4.69) is 15.1 Å². The lowest BCUT2D eigenvalue weighted by Gasteiger charge is -2.40. The topological polar surface area (TPSA) is 44.8 Å². The standard InChI is InChI=1S/C17H31N3O2/c21-17(18-13-16-5-4-12-22-16)14-19-10-6-15(7-11-19)20-8-2-1-3-9-20/h15-16H,1-14H2,(H,18,21)/t16-/m0/s1. The highest BCUT2D eigenvalue weighted by Gasteiger charge is 2.26. The lowest BCUT2D eigenvalue weighted by molar-refractivity contribution is -0.123. The largest absolute Gasteiger partial charge is 0.376 e. The number of piperidine rings is 2. The Morgan fingerprint density at radius 1 is 1.00 bits per heavy atom. The normalized spacial score (nSPS) is 28.8. The average molecular weight is 309 g/mol. The van der Waals surface area contributed by atoms with E-state index in [1.54, 1.807) is 0 Å². The van der Waals surface area contributed by atoms with E-state index in [0.29, 0.717) is 13.1 Å². The van der Waals surface area contributed by atoms with E-state index in [0.717, 1.165) is 38.6 Å². The number of likely N-dealkylation sites (tertiary alicyclic amines) is 2. The molecule has 3 heterocycles. The molecule has 5 heteroatoms. The second kappa shape index (κ2) is 8.27. The summed E-state index contributed by atoms with van der Waals surface area (Å²) < 4.78 is 5.54. The first kappa shape index (κ1) is 16.2. The Bertz CT molecular complexity index is 344. The molecule has 0 aliphatic carbocycles. The third kappa shape index (κ3) is 4.67. The van der Waals surface area contributed by atoms with Gasteiger partial charge in [-0.1, -0.05) is 6.42 Å². The molecule has 22 heavy (non-hydrogen) atoms. The molecule has 0 aromatic rings. The van der Waals surface area contributed by atoms with Crippen LogP contribution in [0.25, 0.3) is 0 Å². The molecule has 3 fully saturated rings. The molecule has 126 valence electrons. The minimum absolute atomic E-state index is 0.159. The van der Waals surface area contributed by atoms with Crippen LogP contribution in [0, 0.1) is 0 Å². The SMILES string of the molecule is O=C(CN1CCC(N2CCCCC2)CC1)NC[C@@H]1CCCO1. The van der Waals surface area contributed by atoms with E-state index in [1.165, 1.54) is 45.2 Å². The molecule has 0 aromatic heterocycles. The molecule has 1 N–H and O–H groups in total. The van der Waals surface area contributed by atoms with Gasteiger partial charge in [-0.05, 0) is 51.6 Å². The maximum absolute atomic E-state index is 12.0. The highest BCUT2D eigenvalue weighted by Crippen LogP contribution is 2.20. The van der Waals surface area contributed by atoms with Gasteiger partial charge in [0.2, 0.25) is 5.91 Å². The number of nitrogens with one attached hydrogen (secondary N) is 1. The van der Waals surface area contributed by atoms with Crippen LogP contribution in [0.1, 0.15) is 44.9 Å². The Morgan fingerprint density at radius 2 is 1.77 bits per heavy atom. The molecule has 1 atom stereocenters. The quantitative estimate of drug-likeness (QED) is 0.830. The van der Waals surface area contributed by atoms with Crippen molar-refractivity contribution in [2.45, 2.75) is 57.1 Å². The molecule has 0 radical (unpaired) electrons. The minimum atomic E-state index is 0.159. The number of hydrogen-bond acceptors (Lipinski definition) is 4. The van der Waals surface area contributed by atoms with Crippen LogP contribution < -0.4 is 5.32 Å². The van der Waals surface area contributed by atoms with Crippen LogP contribution in [0.15, 0.2) is 0 Å². The number of hydrogen-bond donors (Lipinski definition) is 1. The molecule has 3 rings (SSSR count). The average Bonchev–Trinajstić information content (AvgIpc) is 3.08. The van der Waals surface area contributed by atoms with Gasteiger partial charge in [-0.25, -0.2) is 0 Å². The molecule has 3 aliphatic rings. The van der Waals surface area contributed by atoms with Crippen molar-refractivity contribution in [3.8, 4) is 0 Å². The van der Waals surface area contributed by atoms with Crippen LogP contribution in [-0.2, 0) is 9.53 Å². The molecule has 0 saturated carbocycles. The Hall–Kier alpha value is -0.650. The van der Waals surface area contributed by atoms with E-state index in [4.69, 9.17) is 4.74 Å². The summed E-state index contributed by atoms with van der Waals surface area (Å²) in [6.45, 7) is 6.79. The van der Waals surface area contributed by atoms with Gasteiger partial charge in [0.05, 0.1) is 12.6 Å². The number of carbonyl (C=O) groups is 1. The van der Waals surface area contributed by atoms with Gasteiger partial charge in [-0.3, -0.25) is 9.69 Å². The second-order valence-electron chi connectivity index (χ2n) is 7.04. The van der Waals surface area contributed by atoms with E-state index in [-0.39, 0.29) is 12.0 Å². The van der Waals surface area contributed by atoms with Gasteiger partial charge in [0.25, 0.3) is 0 Å². The van der Waals surface area contributed by atoms with Gasteiger partial charge >= 0.3 is 0 Å². The van der Waals surface area contributed by atoms with E-state index in [1.807, 2.05) is 0 Å². The van der Waals surface area contributed by atoms with Crippen LogP contribution in [0.3, 0.4) is 0 Å². The Labute approximate surface area is 134 Å². The summed E-state index contributed by atoms with van der Waals surface area (Å²) in [6.07, 6.45) is 9.04. The van der Waals surface area contributed by atoms with E-state index in [9.17, 15) is 4.79 Å². The zero-order valence-corrected chi connectivity index (χ0v) is 13.8. The van der Waals surface area contributed by atoms with Gasteiger partial charge in [-0.15, -0.1) is 0 Å². The van der Waals surface area contributed by atoms with Crippen molar-refractivity contribution in [1.29, 1.82) is 0 Å². The van der Waals surface area contributed by atoms with Crippen molar-refractivity contribution in [3.63, 3.8) is 0 Å². The summed E-state index contributed by atoms with van der Waals surface area (Å²) >= 11 is 0. The summed E-state index contributed by atoms with van der Waals surface area (Å²) in [5, 5.41) is 3.03. The predicted octanol–water partition coefficient (Wildman–Crippen LogP) is 1.23. The number of ether oxygens (including phenoxy) is 1. The predicted molar refractivity (Wildman–Crippen MR) is 86.9 cm³/mol. The van der Waals surface area contributed by atoms with Crippen molar-refractivity contribution in [2.24, 2.45) is 0 Å². The maximum Gasteiger partial charge on any atom is 0.234 e. The maximum atomic E-state index is 12.0. The zero-order chi connectivity index (χ0) is 15.2. The Balaban J connectivity index is 1.31. The van der Waals surface area contributed by atoms with E-state index < -0.39 is 0 Å². The molecular weight excluding hydrogens is 278 g/mol. The lowest BCUT2D eigenvalue weighted by Crippen LogP contribution is -2.49. The molecule has 0 unspecified atom stereocenters. The number of carbonyl (C=O) groups excluding carboxylic acids is 1. The fourth-order valence-electron chi connectivity index (χ4n) is 4.02. The van der Waals surface area contributed by atoms with Crippen molar-refractivity contribution >= 4 is 5.91 Å². The number of rotatable bonds is 5. The molecule has 1 amide bonds. The van der Waals surface area contributed by atoms with Crippen molar-refractivity contribution in [1.82, 2.24) is 15.1 Å². The second-order valence-corrected chi connectivity index (χ2v) is 7.04. The van der Waals surface area contributed by atoms with Crippen molar-refractivity contribution < 1.29 is 9.53 Å². The lowest BCUT2D eigenvalue weighted by atomic mass is 10.00. The van der Waals surface area contributed by atoms with Crippen molar-refractivity contribution in [2.75, 3.05) is 45.9 Å². The third-order valence-electron chi connectivity index (χ3n) is 5.38. The summed E-state index contributed by atoms with van der Waals surface area (Å²) in [5.74, 6) is 0.159. The molecule has 3 saturated heterocycles. The monoisotopic (exact) mass is 309 g/mol. The fraction of sp³-hybridized carbons (Fsp3) is 0.941. The van der Waals surface area contributed by atoms with Gasteiger partial charge in [0.15, 0.2) is 0 Å². The first-order valence-corrected chi connectivity index (χ1v) is 9.16. The molecule has 5 nitrogen and oxygen atoms in total. The van der Waals surface area contributed by atoms with Gasteiger partial charge in [0.1, 0.15) is 0 Å². The first-order valence-electron chi connectivity index (χ1n) is 9.16. The van der Waals surface area contributed by atoms with Crippen molar-refractivity contribution in [3.05, 3.63) is 0 Å². The minimum Gasteiger partial charge on any atom is -0.376 e. The van der Waals surface area contributed by atoms with Crippen LogP contribution in [0.2, 0.25) is 0 Å². The summed E-state index contributed by atoms with van der Waals surface area (Å²) in [5.41, 5.74) is 0. The summed E-state index contributed by atoms with van der Waals surface area (Å²) in [4.78, 5) is 17.0. The van der Waals surface area contributed by atoms with Crippen LogP contribution in [0.5, 0.6) is 0 Å². The summed E-state index contributed by atoms with van der Waals surface area (Å²) in [6, 6.07) is 0.756. The fourth-order valence-corrected chi connectivity index (χ4v) is 4.02. The zero-order valence-electron chi connectivity index (χ0n) is 13.8. The third-order valence-corrected chi connectivity index (χ3v) is 5.38. The molecule has 0 aromatic carbocycles. The molecule has 3 aliphatic heterocycles. The molecule has 0 spiro atoms. The van der Waals surface area contributed by atoms with Gasteiger partial charge in [-0.2, -0.15) is 0 Å². The summed E-state index contributed by atoms with van der Waals surface area (Å²) in [7, 11) is 0. The van der Waals surface area contributed by atoms with Crippen LogP contribution >= 0.6 is 0 Å². The van der Waals surface area contributed by atoms with Gasteiger partial charge < -0.3 is 15.0 Å². The number of nitrogens with zero attached hydrogens (tertiary/aromatic N) is 2.